The van der Waals surface area contributed by atoms with E-state index in [1.807, 2.05) is 55.1 Å². The number of rotatable bonds is 7. The van der Waals surface area contributed by atoms with Crippen molar-refractivity contribution >= 4 is 11.6 Å². The van der Waals surface area contributed by atoms with Crippen LogP contribution in [0.25, 0.3) is 16.7 Å². The zero-order chi connectivity index (χ0) is 25.1. The summed E-state index contributed by atoms with van der Waals surface area (Å²) in [5, 5.41) is 3.12. The molecule has 5 rings (SSSR count). The summed E-state index contributed by atoms with van der Waals surface area (Å²) in [4.78, 5) is 15.1. The van der Waals surface area contributed by atoms with Gasteiger partial charge in [-0.15, -0.1) is 0 Å². The van der Waals surface area contributed by atoms with E-state index in [9.17, 15) is 4.79 Å². The van der Waals surface area contributed by atoms with Crippen LogP contribution in [0.15, 0.2) is 78.9 Å². The van der Waals surface area contributed by atoms with Crippen LogP contribution in [0.3, 0.4) is 0 Å². The van der Waals surface area contributed by atoms with E-state index in [0.717, 1.165) is 36.3 Å². The van der Waals surface area contributed by atoms with Crippen molar-refractivity contribution < 1.29 is 14.3 Å². The van der Waals surface area contributed by atoms with Crippen LogP contribution in [-0.2, 0) is 6.54 Å². The van der Waals surface area contributed by atoms with E-state index in [0.29, 0.717) is 6.54 Å². The summed E-state index contributed by atoms with van der Waals surface area (Å²) in [7, 11) is 1.65. The summed E-state index contributed by atoms with van der Waals surface area (Å²) in [6, 6.07) is 25.2. The van der Waals surface area contributed by atoms with Crippen LogP contribution in [0.2, 0.25) is 0 Å². The van der Waals surface area contributed by atoms with Crippen LogP contribution in [0.4, 0.5) is 4.79 Å². The van der Waals surface area contributed by atoms with Crippen molar-refractivity contribution in [2.75, 3.05) is 7.11 Å². The lowest BCUT2D eigenvalue weighted by molar-refractivity contribution is 0.179. The van der Waals surface area contributed by atoms with Crippen molar-refractivity contribution in [2.45, 2.75) is 57.8 Å². The van der Waals surface area contributed by atoms with E-state index in [1.165, 1.54) is 22.3 Å². The molecule has 2 aliphatic heterocycles. The van der Waals surface area contributed by atoms with Gasteiger partial charge in [-0.1, -0.05) is 48.5 Å². The molecule has 2 unspecified atom stereocenters. The summed E-state index contributed by atoms with van der Waals surface area (Å²) >= 11 is 0. The lowest BCUT2D eigenvalue weighted by Crippen LogP contribution is -2.48. The molecule has 1 N–H and O–H groups in total. The Morgan fingerprint density at radius 2 is 1.67 bits per heavy atom. The van der Waals surface area contributed by atoms with E-state index in [1.54, 1.807) is 7.11 Å². The van der Waals surface area contributed by atoms with Crippen molar-refractivity contribution in [2.24, 2.45) is 0 Å². The molecule has 186 valence electrons. The summed E-state index contributed by atoms with van der Waals surface area (Å²) < 4.78 is 11.0. The maximum absolute atomic E-state index is 13.1. The van der Waals surface area contributed by atoms with Gasteiger partial charge in [-0.2, -0.15) is 0 Å². The zero-order valence-corrected chi connectivity index (χ0v) is 21.2. The molecular weight excluding hydrogens is 448 g/mol. The fraction of sp³-hybridized carbons (Fsp3) is 0.323. The van der Waals surface area contributed by atoms with E-state index >= 15 is 0 Å². The van der Waals surface area contributed by atoms with E-state index < -0.39 is 0 Å². The van der Waals surface area contributed by atoms with Crippen LogP contribution in [0, 0.1) is 0 Å². The highest BCUT2D eigenvalue weighted by atomic mass is 16.5. The monoisotopic (exact) mass is 482 g/mol. The van der Waals surface area contributed by atoms with Crippen molar-refractivity contribution in [1.29, 1.82) is 0 Å². The third-order valence-corrected chi connectivity index (χ3v) is 7.03. The quantitative estimate of drug-likeness (QED) is 0.409. The summed E-state index contributed by atoms with van der Waals surface area (Å²) in [5.41, 5.74) is 6.00. The molecule has 1 fully saturated rings. The number of fused-ring (bicyclic) bond motifs is 2. The fourth-order valence-electron chi connectivity index (χ4n) is 5.27. The number of urea groups is 1. The van der Waals surface area contributed by atoms with Crippen molar-refractivity contribution in [3.63, 3.8) is 0 Å². The minimum Gasteiger partial charge on any atom is -0.497 e. The number of ether oxygens (including phenoxy) is 2. The van der Waals surface area contributed by atoms with Crippen molar-refractivity contribution in [1.82, 2.24) is 10.2 Å². The Labute approximate surface area is 213 Å². The number of methoxy groups -OCH3 is 1. The molecule has 0 aliphatic carbocycles. The maximum atomic E-state index is 13.1. The summed E-state index contributed by atoms with van der Waals surface area (Å²) in [6.45, 7) is 4.58. The Morgan fingerprint density at radius 3 is 2.36 bits per heavy atom. The zero-order valence-electron chi connectivity index (χ0n) is 21.2. The van der Waals surface area contributed by atoms with Crippen LogP contribution in [-0.4, -0.2) is 36.2 Å². The Morgan fingerprint density at radius 1 is 0.944 bits per heavy atom. The van der Waals surface area contributed by atoms with Gasteiger partial charge in [0.05, 0.1) is 19.3 Å². The highest BCUT2D eigenvalue weighted by Crippen LogP contribution is 2.39. The first-order chi connectivity index (χ1) is 17.5. The standard InChI is InChI=1S/C31H34N2O3/c1-21(2)36-30-15-9-23(10-16-30)24-5-4-6-25(17-24)26-18-27-11-12-28(19-26)33(27)31(34)32-20-22-7-13-29(35-3)14-8-22/h4-10,13-18,21,27-28H,11-12,19-20H2,1-3H3,(H,32,34). The molecule has 0 radical (unpaired) electrons. The number of amides is 2. The molecule has 2 bridgehead atoms. The molecule has 36 heavy (non-hydrogen) atoms. The van der Waals surface area contributed by atoms with E-state index in [2.05, 4.69) is 47.8 Å². The molecule has 5 heteroatoms. The van der Waals surface area contributed by atoms with Crippen molar-refractivity contribution in [3.8, 4) is 22.6 Å². The third kappa shape index (κ3) is 5.25. The van der Waals surface area contributed by atoms with Gasteiger partial charge in [0.25, 0.3) is 0 Å². The summed E-state index contributed by atoms with van der Waals surface area (Å²) in [6.07, 6.45) is 5.40. The Kier molecular flexibility index (Phi) is 6.99. The van der Waals surface area contributed by atoms with Crippen LogP contribution in [0.1, 0.15) is 44.2 Å². The van der Waals surface area contributed by atoms with Gasteiger partial charge in [-0.3, -0.25) is 0 Å². The van der Waals surface area contributed by atoms with Crippen molar-refractivity contribution in [3.05, 3.63) is 90.0 Å². The molecule has 0 aromatic heterocycles. The number of carbonyl (C=O) groups is 1. The second kappa shape index (κ2) is 10.5. The van der Waals surface area contributed by atoms with Gasteiger partial charge in [-0.05, 0) is 91.3 Å². The van der Waals surface area contributed by atoms with Gasteiger partial charge in [0.2, 0.25) is 0 Å². The van der Waals surface area contributed by atoms with Crippen LogP contribution >= 0.6 is 0 Å². The molecule has 2 aliphatic rings. The predicted octanol–water partition coefficient (Wildman–Crippen LogP) is 6.68. The molecule has 2 atom stereocenters. The first-order valence-corrected chi connectivity index (χ1v) is 12.8. The van der Waals surface area contributed by atoms with Gasteiger partial charge >= 0.3 is 6.03 Å². The van der Waals surface area contributed by atoms with Gasteiger partial charge in [-0.25, -0.2) is 4.79 Å². The molecule has 5 nitrogen and oxygen atoms in total. The van der Waals surface area contributed by atoms with Crippen LogP contribution in [0.5, 0.6) is 11.5 Å². The largest absolute Gasteiger partial charge is 0.497 e. The minimum atomic E-state index is 0.0195. The average molecular weight is 483 g/mol. The highest BCUT2D eigenvalue weighted by Gasteiger charge is 2.39. The number of nitrogens with one attached hydrogen (secondary N) is 1. The molecule has 2 amide bonds. The van der Waals surface area contributed by atoms with Gasteiger partial charge < -0.3 is 19.7 Å². The number of hydrogen-bond acceptors (Lipinski definition) is 3. The Hall–Kier alpha value is -3.73. The first kappa shape index (κ1) is 24.0. The molecule has 1 saturated heterocycles. The number of benzene rings is 3. The molecule has 0 spiro atoms. The topological polar surface area (TPSA) is 50.8 Å². The molecule has 3 aromatic rings. The molecular formula is C31H34N2O3. The van der Waals surface area contributed by atoms with Gasteiger partial charge in [0.15, 0.2) is 0 Å². The first-order valence-electron chi connectivity index (χ1n) is 12.8. The van der Waals surface area contributed by atoms with E-state index in [4.69, 9.17) is 9.47 Å². The Bertz CT molecular complexity index is 1230. The lowest BCUT2D eigenvalue weighted by atomic mass is 9.92. The maximum Gasteiger partial charge on any atom is 0.318 e. The average Bonchev–Trinajstić information content (AvgIpc) is 3.17. The van der Waals surface area contributed by atoms with Gasteiger partial charge in [0, 0.05) is 12.6 Å². The molecule has 2 heterocycles. The normalized spacial score (nSPS) is 18.7. The van der Waals surface area contributed by atoms with Gasteiger partial charge in [0.1, 0.15) is 11.5 Å². The Balaban J connectivity index is 1.27. The predicted molar refractivity (Wildman–Crippen MR) is 144 cm³/mol. The third-order valence-electron chi connectivity index (χ3n) is 7.03. The lowest BCUT2D eigenvalue weighted by Gasteiger charge is -2.34. The minimum absolute atomic E-state index is 0.0195. The highest BCUT2D eigenvalue weighted by molar-refractivity contribution is 5.80. The smallest absolute Gasteiger partial charge is 0.318 e. The van der Waals surface area contributed by atoms with E-state index in [-0.39, 0.29) is 24.2 Å². The SMILES string of the molecule is COc1ccc(CNC(=O)N2C3C=C(c4cccc(-c5ccc(OC(C)C)cc5)c4)CC2CC3)cc1. The number of hydrogen-bond donors (Lipinski definition) is 1. The number of carbonyl (C=O) groups excluding carboxylic acids is 1. The fourth-order valence-corrected chi connectivity index (χ4v) is 5.27. The molecule has 0 saturated carbocycles. The van der Waals surface area contributed by atoms with Crippen LogP contribution < -0.4 is 14.8 Å². The number of nitrogens with zero attached hydrogens (tertiary/aromatic N) is 1. The molecule has 3 aromatic carbocycles. The second-order valence-electron chi connectivity index (χ2n) is 9.88. The second-order valence-corrected chi connectivity index (χ2v) is 9.88. The summed E-state index contributed by atoms with van der Waals surface area (Å²) in [5.74, 6) is 1.71.